The van der Waals surface area contributed by atoms with Crippen LogP contribution in [0.1, 0.15) is 61.5 Å². The van der Waals surface area contributed by atoms with Crippen LogP contribution in [0.2, 0.25) is 5.02 Å². The Kier molecular flexibility index (Phi) is 5.59. The third-order valence-corrected chi connectivity index (χ3v) is 6.92. The number of aromatic hydroxyl groups is 1. The van der Waals surface area contributed by atoms with E-state index in [0.717, 1.165) is 11.3 Å². The van der Waals surface area contributed by atoms with Crippen molar-refractivity contribution in [3.05, 3.63) is 77.3 Å². The van der Waals surface area contributed by atoms with Crippen LogP contribution in [-0.4, -0.2) is 19.8 Å². The van der Waals surface area contributed by atoms with Gasteiger partial charge in [0.2, 0.25) is 0 Å². The van der Waals surface area contributed by atoms with Gasteiger partial charge in [-0.3, -0.25) is 4.98 Å². The van der Waals surface area contributed by atoms with Gasteiger partial charge in [0, 0.05) is 29.7 Å². The molecule has 3 aromatic rings. The summed E-state index contributed by atoms with van der Waals surface area (Å²) in [4.78, 5) is 6.56. The second-order valence-electron chi connectivity index (χ2n) is 8.31. The van der Waals surface area contributed by atoms with E-state index < -0.39 is 0 Å². The summed E-state index contributed by atoms with van der Waals surface area (Å²) in [7, 11) is 0. The first-order chi connectivity index (χ1) is 15.1. The lowest BCUT2D eigenvalue weighted by Crippen LogP contribution is -2.29. The van der Waals surface area contributed by atoms with E-state index >= 15 is 0 Å². The van der Waals surface area contributed by atoms with Crippen LogP contribution in [0.3, 0.4) is 0 Å². The van der Waals surface area contributed by atoms with Gasteiger partial charge in [-0.25, -0.2) is 0 Å². The van der Waals surface area contributed by atoms with Crippen LogP contribution in [0.15, 0.2) is 61.1 Å². The van der Waals surface area contributed by atoms with Crippen molar-refractivity contribution in [3.8, 4) is 5.75 Å². The van der Waals surface area contributed by atoms with Gasteiger partial charge in [0.1, 0.15) is 5.75 Å². The molecule has 2 aromatic heterocycles. The highest BCUT2D eigenvalue weighted by Crippen LogP contribution is 2.45. The Morgan fingerprint density at radius 2 is 1.94 bits per heavy atom. The van der Waals surface area contributed by atoms with E-state index in [-0.39, 0.29) is 17.8 Å². The minimum Gasteiger partial charge on any atom is -0.506 e. The maximum atomic E-state index is 10.6. The van der Waals surface area contributed by atoms with Crippen molar-refractivity contribution in [2.75, 3.05) is 4.90 Å². The van der Waals surface area contributed by atoms with Crippen molar-refractivity contribution in [2.24, 2.45) is 0 Å². The number of hydrogen-bond acceptors (Lipinski definition) is 3. The molecular formula is C24H25ClN4OS. The van der Waals surface area contributed by atoms with Crippen LogP contribution in [0.25, 0.3) is 0 Å². The molecule has 5 nitrogen and oxygen atoms in total. The van der Waals surface area contributed by atoms with E-state index in [2.05, 4.69) is 33.3 Å². The summed E-state index contributed by atoms with van der Waals surface area (Å²) in [5.41, 5.74) is 2.64. The van der Waals surface area contributed by atoms with Gasteiger partial charge in [0.05, 0.1) is 23.5 Å². The zero-order valence-electron chi connectivity index (χ0n) is 17.1. The molecule has 1 aliphatic carbocycles. The number of phenolic OH excluding ortho intramolecular Hbond substituents is 1. The predicted molar refractivity (Wildman–Crippen MR) is 128 cm³/mol. The van der Waals surface area contributed by atoms with Gasteiger partial charge in [0.25, 0.3) is 0 Å². The van der Waals surface area contributed by atoms with E-state index in [1.54, 1.807) is 24.4 Å². The van der Waals surface area contributed by atoms with E-state index in [4.69, 9.17) is 23.8 Å². The zero-order chi connectivity index (χ0) is 21.4. The number of halogens is 1. The number of nitrogens with one attached hydrogen (secondary N) is 1. The molecule has 0 radical (unpaired) electrons. The topological polar surface area (TPSA) is 53.3 Å². The molecule has 7 heteroatoms. The monoisotopic (exact) mass is 452 g/mol. The van der Waals surface area contributed by atoms with Crippen molar-refractivity contribution >= 4 is 34.6 Å². The molecule has 31 heavy (non-hydrogen) atoms. The van der Waals surface area contributed by atoms with Crippen LogP contribution in [0.4, 0.5) is 5.69 Å². The van der Waals surface area contributed by atoms with Crippen molar-refractivity contribution in [3.63, 3.8) is 0 Å². The van der Waals surface area contributed by atoms with Crippen LogP contribution in [0, 0.1) is 0 Å². The predicted octanol–water partition coefficient (Wildman–Crippen LogP) is 5.92. The Hall–Kier alpha value is -2.57. The molecular weight excluding hydrogens is 428 g/mol. The van der Waals surface area contributed by atoms with Crippen molar-refractivity contribution in [2.45, 2.75) is 50.2 Å². The summed E-state index contributed by atoms with van der Waals surface area (Å²) in [6.45, 7) is 0. The molecule has 1 saturated carbocycles. The van der Waals surface area contributed by atoms with Crippen LogP contribution < -0.4 is 10.2 Å². The average molecular weight is 453 g/mol. The Morgan fingerprint density at radius 3 is 2.71 bits per heavy atom. The van der Waals surface area contributed by atoms with Gasteiger partial charge in [-0.15, -0.1) is 0 Å². The highest BCUT2D eigenvalue weighted by atomic mass is 35.5. The molecule has 2 aliphatic rings. The van der Waals surface area contributed by atoms with Crippen LogP contribution in [-0.2, 0) is 0 Å². The fourth-order valence-corrected chi connectivity index (χ4v) is 5.36. The molecule has 0 unspecified atom stereocenters. The minimum absolute atomic E-state index is 0.144. The maximum absolute atomic E-state index is 10.6. The number of aromatic nitrogens is 2. The van der Waals surface area contributed by atoms with Crippen molar-refractivity contribution < 1.29 is 5.11 Å². The first kappa shape index (κ1) is 20.3. The fraction of sp³-hybridized carbons (Fsp3) is 0.333. The van der Waals surface area contributed by atoms with Gasteiger partial charge in [-0.1, -0.05) is 36.9 Å². The standard InChI is InChI=1S/C24H25ClN4OS/c25-17-9-10-21(30)20(14-17)29-23(22(27-24(29)31)19-8-4-5-12-26-19)16-11-13-28(15-16)18-6-2-1-3-7-18/h4-5,8-15,18,22-23,30H,1-3,6-7H2,(H,27,31)/t22-,23+/m1/s1. The van der Waals surface area contributed by atoms with E-state index in [1.807, 2.05) is 23.1 Å². The van der Waals surface area contributed by atoms with Gasteiger partial charge in [-0.05, 0) is 67.0 Å². The van der Waals surface area contributed by atoms with Gasteiger partial charge in [0.15, 0.2) is 5.11 Å². The third-order valence-electron chi connectivity index (χ3n) is 6.37. The van der Waals surface area contributed by atoms with Crippen molar-refractivity contribution in [1.29, 1.82) is 0 Å². The van der Waals surface area contributed by atoms with E-state index in [1.165, 1.54) is 32.1 Å². The number of nitrogens with zero attached hydrogens (tertiary/aromatic N) is 3. The van der Waals surface area contributed by atoms with Crippen LogP contribution >= 0.6 is 23.8 Å². The molecule has 3 heterocycles. The average Bonchev–Trinajstić information content (AvgIpc) is 3.41. The van der Waals surface area contributed by atoms with E-state index in [9.17, 15) is 5.11 Å². The summed E-state index contributed by atoms with van der Waals surface area (Å²) in [5, 5.41) is 15.2. The number of hydrogen-bond donors (Lipinski definition) is 2. The summed E-state index contributed by atoms with van der Waals surface area (Å²) in [6, 6.07) is 13.4. The summed E-state index contributed by atoms with van der Waals surface area (Å²) >= 11 is 12.0. The highest BCUT2D eigenvalue weighted by molar-refractivity contribution is 7.80. The van der Waals surface area contributed by atoms with Crippen molar-refractivity contribution in [1.82, 2.24) is 14.9 Å². The van der Waals surface area contributed by atoms with Crippen LogP contribution in [0.5, 0.6) is 5.75 Å². The molecule has 2 N–H and O–H groups in total. The maximum Gasteiger partial charge on any atom is 0.174 e. The first-order valence-corrected chi connectivity index (χ1v) is 11.6. The Bertz CT molecular complexity index is 1080. The normalized spacial score (nSPS) is 22.0. The van der Waals surface area contributed by atoms with Gasteiger partial charge < -0.3 is 19.9 Å². The Morgan fingerprint density at radius 1 is 1.10 bits per heavy atom. The Balaban J connectivity index is 1.58. The smallest absolute Gasteiger partial charge is 0.174 e. The second-order valence-corrected chi connectivity index (χ2v) is 9.14. The lowest BCUT2D eigenvalue weighted by molar-refractivity contribution is 0.353. The molecule has 160 valence electrons. The lowest BCUT2D eigenvalue weighted by atomic mass is 9.95. The molecule has 1 aromatic carbocycles. The third kappa shape index (κ3) is 3.90. The van der Waals surface area contributed by atoms with E-state index in [0.29, 0.717) is 21.9 Å². The van der Waals surface area contributed by atoms with Gasteiger partial charge >= 0.3 is 0 Å². The second kappa shape index (κ2) is 8.52. The minimum atomic E-state index is -0.156. The number of phenols is 1. The zero-order valence-corrected chi connectivity index (χ0v) is 18.7. The molecule has 5 rings (SSSR count). The molecule has 0 bridgehead atoms. The number of rotatable bonds is 4. The summed E-state index contributed by atoms with van der Waals surface area (Å²) in [6.07, 6.45) is 12.5. The quantitative estimate of drug-likeness (QED) is 0.481. The highest BCUT2D eigenvalue weighted by Gasteiger charge is 2.42. The Labute approximate surface area is 192 Å². The summed E-state index contributed by atoms with van der Waals surface area (Å²) in [5.74, 6) is 0.145. The largest absolute Gasteiger partial charge is 0.506 e. The van der Waals surface area contributed by atoms with Gasteiger partial charge in [-0.2, -0.15) is 0 Å². The molecule has 2 fully saturated rings. The number of anilines is 1. The fourth-order valence-electron chi connectivity index (χ4n) is 4.85. The number of pyridine rings is 1. The lowest BCUT2D eigenvalue weighted by Gasteiger charge is -2.28. The first-order valence-electron chi connectivity index (χ1n) is 10.8. The summed E-state index contributed by atoms with van der Waals surface area (Å²) < 4.78 is 2.35. The molecule has 0 amide bonds. The number of benzene rings is 1. The molecule has 2 atom stereocenters. The molecule has 1 aliphatic heterocycles. The molecule has 0 spiro atoms. The molecule has 1 saturated heterocycles. The SMILES string of the molecule is Oc1ccc(Cl)cc1N1C(=S)N[C@H](c2ccccn2)[C@@H]1c1ccn(C2CCCCC2)c1. The number of thiocarbonyl (C=S) groups is 1.